The third-order valence-corrected chi connectivity index (χ3v) is 4.38. The molecule has 0 saturated carbocycles. The summed E-state index contributed by atoms with van der Waals surface area (Å²) in [6.45, 7) is 6.12. The van der Waals surface area contributed by atoms with Gasteiger partial charge in [-0.05, 0) is 18.1 Å². The number of morpholine rings is 1. The Morgan fingerprint density at radius 3 is 2.82 bits per heavy atom. The molecule has 1 amide bonds. The topological polar surface area (TPSA) is 44.8 Å². The summed E-state index contributed by atoms with van der Waals surface area (Å²) in [5.74, 6) is 0.620. The van der Waals surface area contributed by atoms with E-state index in [2.05, 4.69) is 30.3 Å². The molecule has 1 aromatic rings. The summed E-state index contributed by atoms with van der Waals surface area (Å²) in [6, 6.07) is 8.31. The summed E-state index contributed by atoms with van der Waals surface area (Å²) in [5, 5.41) is 3.37. The smallest absolute Gasteiger partial charge is 0.228 e. The van der Waals surface area contributed by atoms with Crippen molar-refractivity contribution < 1.29 is 9.53 Å². The van der Waals surface area contributed by atoms with Crippen molar-refractivity contribution in [2.75, 3.05) is 49.7 Å². The van der Waals surface area contributed by atoms with E-state index in [1.807, 2.05) is 23.1 Å². The average molecular weight is 303 g/mol. The second kappa shape index (κ2) is 6.67. The third-order valence-electron chi connectivity index (χ3n) is 4.38. The number of hydrogen-bond acceptors (Lipinski definition) is 4. The molecule has 3 rings (SSSR count). The van der Waals surface area contributed by atoms with E-state index in [0.29, 0.717) is 18.9 Å². The Hall–Kier alpha value is -1.59. The number of amides is 1. The van der Waals surface area contributed by atoms with E-state index in [0.717, 1.165) is 37.6 Å². The fraction of sp³-hybridized carbons (Fsp3) is 0.588. The number of nitrogens with zero attached hydrogens (tertiary/aromatic N) is 2. The van der Waals surface area contributed by atoms with Crippen LogP contribution < -0.4 is 15.1 Å². The van der Waals surface area contributed by atoms with Gasteiger partial charge >= 0.3 is 0 Å². The number of benzene rings is 1. The van der Waals surface area contributed by atoms with Crippen LogP contribution in [-0.2, 0) is 9.53 Å². The number of fused-ring (bicyclic) bond motifs is 1. The van der Waals surface area contributed by atoms with Crippen LogP contribution >= 0.6 is 0 Å². The molecule has 0 aliphatic carbocycles. The molecule has 2 atom stereocenters. The summed E-state index contributed by atoms with van der Waals surface area (Å²) in [6.07, 6.45) is 0.491. The van der Waals surface area contributed by atoms with Crippen molar-refractivity contribution in [2.45, 2.75) is 19.4 Å². The molecule has 2 unspecified atom stereocenters. The van der Waals surface area contributed by atoms with E-state index in [9.17, 15) is 4.79 Å². The van der Waals surface area contributed by atoms with Crippen LogP contribution in [0.15, 0.2) is 24.3 Å². The van der Waals surface area contributed by atoms with Crippen molar-refractivity contribution in [1.82, 2.24) is 5.32 Å². The number of carbonyl (C=O) groups is 1. The van der Waals surface area contributed by atoms with Gasteiger partial charge in [0, 0.05) is 39.1 Å². The van der Waals surface area contributed by atoms with E-state index >= 15 is 0 Å². The lowest BCUT2D eigenvalue weighted by molar-refractivity contribution is -0.119. The maximum Gasteiger partial charge on any atom is 0.228 e. The first-order valence-electron chi connectivity index (χ1n) is 8.07. The summed E-state index contributed by atoms with van der Waals surface area (Å²) >= 11 is 0. The van der Waals surface area contributed by atoms with Crippen molar-refractivity contribution in [3.8, 4) is 0 Å². The van der Waals surface area contributed by atoms with Crippen molar-refractivity contribution >= 4 is 17.3 Å². The summed E-state index contributed by atoms with van der Waals surface area (Å²) < 4.78 is 5.46. The molecule has 5 nitrogen and oxygen atoms in total. The molecule has 0 bridgehead atoms. The Bertz CT molecular complexity index is 528. The molecule has 1 N–H and O–H groups in total. The highest BCUT2D eigenvalue weighted by Crippen LogP contribution is 2.33. The molecule has 0 spiro atoms. The minimum Gasteiger partial charge on any atom is -0.378 e. The van der Waals surface area contributed by atoms with E-state index in [1.165, 1.54) is 0 Å². The Labute approximate surface area is 132 Å². The number of anilines is 2. The lowest BCUT2D eigenvalue weighted by atomic mass is 10.1. The zero-order chi connectivity index (χ0) is 15.5. The fourth-order valence-corrected chi connectivity index (χ4v) is 3.36. The van der Waals surface area contributed by atoms with Gasteiger partial charge in [0.05, 0.1) is 24.6 Å². The van der Waals surface area contributed by atoms with Crippen LogP contribution in [0.25, 0.3) is 0 Å². The Kier molecular flexibility index (Phi) is 4.64. The second-order valence-corrected chi connectivity index (χ2v) is 6.41. The molecule has 0 aromatic heterocycles. The van der Waals surface area contributed by atoms with Gasteiger partial charge in [-0.3, -0.25) is 4.79 Å². The molecule has 5 heteroatoms. The lowest BCUT2D eigenvalue weighted by Crippen LogP contribution is -2.45. The monoisotopic (exact) mass is 303 g/mol. The zero-order valence-corrected chi connectivity index (χ0v) is 13.4. The van der Waals surface area contributed by atoms with Gasteiger partial charge in [0.1, 0.15) is 0 Å². The molecular formula is C17H25N3O2. The molecule has 1 aromatic carbocycles. The third kappa shape index (κ3) is 3.25. The highest BCUT2D eigenvalue weighted by Gasteiger charge is 2.28. The first kappa shape index (κ1) is 15.3. The largest absolute Gasteiger partial charge is 0.378 e. The minimum atomic E-state index is 0.129. The van der Waals surface area contributed by atoms with Gasteiger partial charge in [-0.1, -0.05) is 19.1 Å². The quantitative estimate of drug-likeness (QED) is 0.899. The number of rotatable bonds is 2. The molecule has 120 valence electrons. The SMILES string of the molecule is CC1CN(C)c2ccccc2N(C(=O)CC2COCCN2)C1. The maximum atomic E-state index is 12.8. The van der Waals surface area contributed by atoms with Crippen LogP contribution in [0.2, 0.25) is 0 Å². The maximum absolute atomic E-state index is 12.8. The number of ether oxygens (including phenoxy) is 1. The fourth-order valence-electron chi connectivity index (χ4n) is 3.36. The standard InChI is InChI=1S/C17H25N3O2/c1-13-10-19(2)15-5-3-4-6-16(15)20(11-13)17(21)9-14-12-22-8-7-18-14/h3-6,13-14,18H,7-12H2,1-2H3. The number of nitrogens with one attached hydrogen (secondary N) is 1. The Balaban J connectivity index is 1.81. The van der Waals surface area contributed by atoms with Crippen LogP contribution in [0.4, 0.5) is 11.4 Å². The summed E-state index contributed by atoms with van der Waals surface area (Å²) in [7, 11) is 2.10. The molecule has 2 heterocycles. The predicted molar refractivity (Wildman–Crippen MR) is 88.5 cm³/mol. The van der Waals surface area contributed by atoms with Crippen LogP contribution in [0.5, 0.6) is 0 Å². The zero-order valence-electron chi connectivity index (χ0n) is 13.4. The first-order valence-corrected chi connectivity index (χ1v) is 8.07. The van der Waals surface area contributed by atoms with Crippen LogP contribution in [-0.4, -0.2) is 51.8 Å². The van der Waals surface area contributed by atoms with Gasteiger partial charge < -0.3 is 19.9 Å². The number of carbonyl (C=O) groups excluding carboxylic acids is 1. The normalized spacial score (nSPS) is 25.5. The van der Waals surface area contributed by atoms with Crippen molar-refractivity contribution in [1.29, 1.82) is 0 Å². The van der Waals surface area contributed by atoms with Gasteiger partial charge in [0.15, 0.2) is 0 Å². The molecule has 2 aliphatic rings. The highest BCUT2D eigenvalue weighted by atomic mass is 16.5. The second-order valence-electron chi connectivity index (χ2n) is 6.41. The number of para-hydroxylation sites is 2. The first-order chi connectivity index (χ1) is 10.6. The highest BCUT2D eigenvalue weighted by molar-refractivity contribution is 5.97. The van der Waals surface area contributed by atoms with Crippen molar-refractivity contribution in [3.05, 3.63) is 24.3 Å². The predicted octanol–water partition coefficient (Wildman–Crippen LogP) is 1.48. The molecule has 2 aliphatic heterocycles. The summed E-state index contributed by atoms with van der Waals surface area (Å²) in [4.78, 5) is 17.0. The van der Waals surface area contributed by atoms with Crippen molar-refractivity contribution in [2.24, 2.45) is 5.92 Å². The van der Waals surface area contributed by atoms with E-state index in [4.69, 9.17) is 4.74 Å². The molecule has 22 heavy (non-hydrogen) atoms. The van der Waals surface area contributed by atoms with E-state index in [1.54, 1.807) is 0 Å². The van der Waals surface area contributed by atoms with Gasteiger partial charge in [-0.25, -0.2) is 0 Å². The minimum absolute atomic E-state index is 0.129. The summed E-state index contributed by atoms with van der Waals surface area (Å²) in [5.41, 5.74) is 2.16. The van der Waals surface area contributed by atoms with Crippen LogP contribution in [0.1, 0.15) is 13.3 Å². The molecule has 1 saturated heterocycles. The van der Waals surface area contributed by atoms with Crippen molar-refractivity contribution in [3.63, 3.8) is 0 Å². The van der Waals surface area contributed by atoms with Gasteiger partial charge in [-0.15, -0.1) is 0 Å². The Morgan fingerprint density at radius 2 is 2.09 bits per heavy atom. The molecule has 0 radical (unpaired) electrons. The van der Waals surface area contributed by atoms with Gasteiger partial charge in [0.2, 0.25) is 5.91 Å². The Morgan fingerprint density at radius 1 is 1.32 bits per heavy atom. The number of hydrogen-bond donors (Lipinski definition) is 1. The lowest BCUT2D eigenvalue weighted by Gasteiger charge is -2.28. The van der Waals surface area contributed by atoms with Gasteiger partial charge in [0.25, 0.3) is 0 Å². The van der Waals surface area contributed by atoms with Gasteiger partial charge in [-0.2, -0.15) is 0 Å². The van der Waals surface area contributed by atoms with Crippen LogP contribution in [0, 0.1) is 5.92 Å². The molecule has 1 fully saturated rings. The van der Waals surface area contributed by atoms with E-state index in [-0.39, 0.29) is 11.9 Å². The van der Waals surface area contributed by atoms with Crippen LogP contribution in [0.3, 0.4) is 0 Å². The molecular weight excluding hydrogens is 278 g/mol. The average Bonchev–Trinajstić information content (AvgIpc) is 2.65. The van der Waals surface area contributed by atoms with E-state index < -0.39 is 0 Å².